The fourth-order valence-corrected chi connectivity index (χ4v) is 11.5. The number of fused-ring (bicyclic) bond motifs is 3. The molecule has 0 bridgehead atoms. The number of furan rings is 1. The van der Waals surface area contributed by atoms with Crippen molar-refractivity contribution in [3.63, 3.8) is 0 Å². The maximum atomic E-state index is 6.40. The minimum absolute atomic E-state index is 0.816. The van der Waals surface area contributed by atoms with Gasteiger partial charge in [-0.15, -0.1) is 0 Å². The molecule has 0 radical (unpaired) electrons. The number of benzene rings is 10. The Morgan fingerprint density at radius 3 is 1.17 bits per heavy atom. The third kappa shape index (κ3) is 9.60. The SMILES string of the molecule is Cc1ccnc(-c2ccc(-c3ccccc3-c3cc(-c4ccccc4-c4ccc(-c5cc(C)ccn5)cc4)cc(-c4ccccc4-c4ccc(-c5cc6oc7ccccc7c6cn5)cc4-c4ccc(-c5ccccc5)cc4)c3)cc2)c1. The zero-order valence-electron chi connectivity index (χ0n) is 44.9. The van der Waals surface area contributed by atoms with Crippen molar-refractivity contribution >= 4 is 21.9 Å². The van der Waals surface area contributed by atoms with E-state index < -0.39 is 0 Å². The molecule has 14 aromatic rings. The highest BCUT2D eigenvalue weighted by Gasteiger charge is 2.20. The Morgan fingerprint density at radius 2 is 0.630 bits per heavy atom. The molecular formula is C77H53N3O. The normalized spacial score (nSPS) is 11.3. The Labute approximate surface area is 472 Å². The maximum Gasteiger partial charge on any atom is 0.139 e. The van der Waals surface area contributed by atoms with Crippen molar-refractivity contribution < 1.29 is 4.42 Å². The van der Waals surface area contributed by atoms with Gasteiger partial charge in [-0.25, -0.2) is 0 Å². The highest BCUT2D eigenvalue weighted by atomic mass is 16.3. The van der Waals surface area contributed by atoms with E-state index in [1.165, 1.54) is 16.7 Å². The van der Waals surface area contributed by atoms with Gasteiger partial charge in [0.2, 0.25) is 0 Å². The standard InChI is InChI=1S/C77H53N3O/c1-50-38-40-78-73(42-50)57-32-28-54(29-33-57)63-16-6-8-18-65(63)60-44-61(66-19-9-7-17-64(66)55-30-34-58(35-31-55)74-43-51(2)39-41-79-74)46-62(45-60)67-20-10-11-21-68(67)69-37-36-59(75-48-77-72(49-80-75)70-22-12-13-23-76(70)81-77)47-71(69)56-26-24-53(25-27-56)52-14-4-3-5-15-52/h3-49H,1-2H3. The van der Waals surface area contributed by atoms with Gasteiger partial charge < -0.3 is 4.42 Å². The summed E-state index contributed by atoms with van der Waals surface area (Å²) in [6, 6.07) is 96.2. The van der Waals surface area contributed by atoms with E-state index in [4.69, 9.17) is 19.4 Å². The summed E-state index contributed by atoms with van der Waals surface area (Å²) in [6.45, 7) is 4.22. The van der Waals surface area contributed by atoms with E-state index in [9.17, 15) is 0 Å². The molecule has 4 heterocycles. The van der Waals surface area contributed by atoms with Gasteiger partial charge in [0.15, 0.2) is 0 Å². The first-order chi connectivity index (χ1) is 39.9. The van der Waals surface area contributed by atoms with E-state index in [0.29, 0.717) is 0 Å². The summed E-state index contributed by atoms with van der Waals surface area (Å²) in [5.74, 6) is 0. The number of rotatable bonds is 11. The molecule has 4 heteroatoms. The summed E-state index contributed by atoms with van der Waals surface area (Å²) in [7, 11) is 0. The number of aromatic nitrogens is 3. The predicted octanol–water partition coefficient (Wildman–Crippen LogP) is 20.7. The molecule has 0 N–H and O–H groups in total. The molecule has 382 valence electrons. The second-order valence-corrected chi connectivity index (χ2v) is 20.9. The van der Waals surface area contributed by atoms with Crippen LogP contribution in [-0.4, -0.2) is 15.0 Å². The number of aryl methyl sites for hydroxylation is 2. The third-order valence-electron chi connectivity index (χ3n) is 15.6. The van der Waals surface area contributed by atoms with E-state index >= 15 is 0 Å². The summed E-state index contributed by atoms with van der Waals surface area (Å²) in [4.78, 5) is 14.5. The summed E-state index contributed by atoms with van der Waals surface area (Å²) in [5, 5.41) is 2.07. The van der Waals surface area contributed by atoms with Crippen LogP contribution in [0.2, 0.25) is 0 Å². The first kappa shape index (κ1) is 48.8. The highest BCUT2D eigenvalue weighted by molar-refractivity contribution is 6.05. The Balaban J connectivity index is 0.939. The second kappa shape index (κ2) is 21.0. The van der Waals surface area contributed by atoms with E-state index in [0.717, 1.165) is 139 Å². The minimum atomic E-state index is 0.816. The Kier molecular flexibility index (Phi) is 12.7. The Hall–Kier alpha value is -10.6. The Morgan fingerprint density at radius 1 is 0.235 bits per heavy atom. The molecule has 0 saturated carbocycles. The highest BCUT2D eigenvalue weighted by Crippen LogP contribution is 2.45. The summed E-state index contributed by atoms with van der Waals surface area (Å²) >= 11 is 0. The molecule has 4 aromatic heterocycles. The zero-order chi connectivity index (χ0) is 54.2. The molecule has 10 aromatic carbocycles. The number of para-hydroxylation sites is 1. The van der Waals surface area contributed by atoms with Gasteiger partial charge in [-0.2, -0.15) is 0 Å². The molecule has 0 spiro atoms. The van der Waals surface area contributed by atoms with Gasteiger partial charge in [-0.05, 0) is 169 Å². The van der Waals surface area contributed by atoms with Gasteiger partial charge in [0, 0.05) is 52.1 Å². The van der Waals surface area contributed by atoms with Gasteiger partial charge in [0.05, 0.1) is 17.1 Å². The molecule has 0 aliphatic heterocycles. The first-order valence-electron chi connectivity index (χ1n) is 27.5. The first-order valence-corrected chi connectivity index (χ1v) is 27.5. The van der Waals surface area contributed by atoms with Crippen LogP contribution in [0.1, 0.15) is 11.1 Å². The van der Waals surface area contributed by atoms with Crippen LogP contribution >= 0.6 is 0 Å². The van der Waals surface area contributed by atoms with E-state index in [1.807, 2.05) is 48.9 Å². The average Bonchev–Trinajstić information content (AvgIpc) is 4.17. The minimum Gasteiger partial charge on any atom is -0.456 e. The van der Waals surface area contributed by atoms with Crippen molar-refractivity contribution in [2.24, 2.45) is 0 Å². The van der Waals surface area contributed by atoms with Crippen molar-refractivity contribution in [1.29, 1.82) is 0 Å². The quantitative estimate of drug-likeness (QED) is 0.130. The lowest BCUT2D eigenvalue weighted by Gasteiger charge is -2.19. The van der Waals surface area contributed by atoms with Gasteiger partial charge in [-0.3, -0.25) is 15.0 Å². The van der Waals surface area contributed by atoms with Crippen LogP contribution in [0.15, 0.2) is 290 Å². The predicted molar refractivity (Wildman–Crippen MR) is 336 cm³/mol. The number of hydrogen-bond donors (Lipinski definition) is 0. The van der Waals surface area contributed by atoms with E-state index in [-0.39, 0.29) is 0 Å². The molecule has 4 nitrogen and oxygen atoms in total. The van der Waals surface area contributed by atoms with Crippen molar-refractivity contribution in [3.8, 4) is 123 Å². The molecular weight excluding hydrogens is 983 g/mol. The van der Waals surface area contributed by atoms with Crippen LogP contribution in [0, 0.1) is 13.8 Å². The summed E-state index contributed by atoms with van der Waals surface area (Å²) in [6.07, 6.45) is 5.71. The van der Waals surface area contributed by atoms with Crippen LogP contribution in [0.25, 0.3) is 145 Å². The monoisotopic (exact) mass is 1040 g/mol. The van der Waals surface area contributed by atoms with Crippen molar-refractivity contribution in [2.75, 3.05) is 0 Å². The molecule has 0 atom stereocenters. The fraction of sp³-hybridized carbons (Fsp3) is 0.0260. The van der Waals surface area contributed by atoms with Crippen molar-refractivity contribution in [2.45, 2.75) is 13.8 Å². The molecule has 0 aliphatic carbocycles. The lowest BCUT2D eigenvalue weighted by molar-refractivity contribution is 0.668. The molecule has 0 fully saturated rings. The zero-order valence-corrected chi connectivity index (χ0v) is 44.9. The second-order valence-electron chi connectivity index (χ2n) is 20.9. The van der Waals surface area contributed by atoms with E-state index in [1.54, 1.807) is 0 Å². The van der Waals surface area contributed by atoms with Crippen LogP contribution < -0.4 is 0 Å². The summed E-state index contributed by atoms with van der Waals surface area (Å²) in [5.41, 5.74) is 28.1. The Bertz CT molecular complexity index is 4480. The molecule has 0 saturated heterocycles. The molecule has 0 amide bonds. The topological polar surface area (TPSA) is 51.8 Å². The van der Waals surface area contributed by atoms with Crippen molar-refractivity contribution in [1.82, 2.24) is 15.0 Å². The number of hydrogen-bond acceptors (Lipinski definition) is 4. The molecule has 81 heavy (non-hydrogen) atoms. The van der Waals surface area contributed by atoms with Crippen molar-refractivity contribution in [3.05, 3.63) is 297 Å². The van der Waals surface area contributed by atoms with Crippen LogP contribution in [-0.2, 0) is 0 Å². The lowest BCUT2D eigenvalue weighted by Crippen LogP contribution is -1.94. The molecule has 14 rings (SSSR count). The fourth-order valence-electron chi connectivity index (χ4n) is 11.5. The van der Waals surface area contributed by atoms with Crippen LogP contribution in [0.4, 0.5) is 0 Å². The number of nitrogens with zero attached hydrogens (tertiary/aromatic N) is 3. The average molecular weight is 1040 g/mol. The third-order valence-corrected chi connectivity index (χ3v) is 15.6. The lowest BCUT2D eigenvalue weighted by atomic mass is 9.84. The summed E-state index contributed by atoms with van der Waals surface area (Å²) < 4.78 is 6.40. The van der Waals surface area contributed by atoms with Crippen LogP contribution in [0.3, 0.4) is 0 Å². The van der Waals surface area contributed by atoms with E-state index in [2.05, 4.69) is 250 Å². The molecule has 0 unspecified atom stereocenters. The number of pyridine rings is 3. The van der Waals surface area contributed by atoms with Gasteiger partial charge in [0.1, 0.15) is 11.2 Å². The largest absolute Gasteiger partial charge is 0.456 e. The molecule has 0 aliphatic rings. The maximum absolute atomic E-state index is 6.40. The van der Waals surface area contributed by atoms with Gasteiger partial charge in [0.25, 0.3) is 0 Å². The van der Waals surface area contributed by atoms with Gasteiger partial charge >= 0.3 is 0 Å². The van der Waals surface area contributed by atoms with Crippen LogP contribution in [0.5, 0.6) is 0 Å². The smallest absolute Gasteiger partial charge is 0.139 e. The van der Waals surface area contributed by atoms with Gasteiger partial charge in [-0.1, -0.05) is 206 Å².